The molecule has 102 valence electrons. The molecule has 1 aromatic rings. The minimum absolute atomic E-state index is 0.178. The van der Waals surface area contributed by atoms with E-state index in [1.54, 1.807) is 7.11 Å². The molecule has 5 heteroatoms. The van der Waals surface area contributed by atoms with Crippen LogP contribution in [0.4, 0.5) is 0 Å². The summed E-state index contributed by atoms with van der Waals surface area (Å²) >= 11 is 6.34. The minimum atomic E-state index is -0.678. The van der Waals surface area contributed by atoms with Crippen molar-refractivity contribution in [3.05, 3.63) is 16.4 Å². The molecule has 2 rings (SSSR count). The Morgan fingerprint density at radius 2 is 2.17 bits per heavy atom. The van der Waals surface area contributed by atoms with E-state index in [0.717, 1.165) is 24.4 Å². The van der Waals surface area contributed by atoms with Gasteiger partial charge in [-0.3, -0.25) is 4.68 Å². The lowest BCUT2D eigenvalue weighted by molar-refractivity contribution is -0.127. The van der Waals surface area contributed by atoms with Crippen molar-refractivity contribution in [2.75, 3.05) is 7.11 Å². The number of hydrogen-bond acceptors (Lipinski definition) is 3. The van der Waals surface area contributed by atoms with Crippen LogP contribution in [-0.2, 0) is 24.1 Å². The Bertz CT molecular complexity index is 425. The van der Waals surface area contributed by atoms with Crippen LogP contribution in [-0.4, -0.2) is 33.7 Å². The highest BCUT2D eigenvalue weighted by Crippen LogP contribution is 2.38. The van der Waals surface area contributed by atoms with E-state index in [1.807, 2.05) is 18.5 Å². The summed E-state index contributed by atoms with van der Waals surface area (Å²) < 4.78 is 7.12. The fourth-order valence-corrected chi connectivity index (χ4v) is 2.93. The van der Waals surface area contributed by atoms with Crippen molar-refractivity contribution in [3.63, 3.8) is 0 Å². The topological polar surface area (TPSA) is 47.3 Å². The normalized spacial score (nSPS) is 27.3. The molecule has 0 atom stereocenters. The number of halogens is 1. The van der Waals surface area contributed by atoms with E-state index in [9.17, 15) is 5.11 Å². The van der Waals surface area contributed by atoms with Gasteiger partial charge in [0.25, 0.3) is 0 Å². The third kappa shape index (κ3) is 2.42. The molecule has 1 aliphatic carbocycles. The number of aliphatic hydroxyl groups is 1. The predicted molar refractivity (Wildman–Crippen MR) is 71.0 cm³/mol. The minimum Gasteiger partial charge on any atom is -0.389 e. The molecule has 0 radical (unpaired) electrons. The highest BCUT2D eigenvalue weighted by Gasteiger charge is 2.44. The summed E-state index contributed by atoms with van der Waals surface area (Å²) in [5, 5.41) is 15.6. The van der Waals surface area contributed by atoms with Crippen molar-refractivity contribution < 1.29 is 9.84 Å². The summed E-state index contributed by atoms with van der Waals surface area (Å²) in [7, 11) is 1.68. The highest BCUT2D eigenvalue weighted by atomic mass is 35.5. The summed E-state index contributed by atoms with van der Waals surface area (Å²) in [5.41, 5.74) is 1.19. The molecule has 0 aromatic carbocycles. The first-order chi connectivity index (χ1) is 8.53. The van der Waals surface area contributed by atoms with Crippen molar-refractivity contribution in [1.29, 1.82) is 0 Å². The summed E-state index contributed by atoms with van der Waals surface area (Å²) in [6.45, 7) is 4.85. The quantitative estimate of drug-likeness (QED) is 0.894. The van der Waals surface area contributed by atoms with Gasteiger partial charge < -0.3 is 9.84 Å². The van der Waals surface area contributed by atoms with Gasteiger partial charge in [0, 0.05) is 32.9 Å². The van der Waals surface area contributed by atoms with Gasteiger partial charge in [-0.25, -0.2) is 0 Å². The van der Waals surface area contributed by atoms with E-state index in [1.165, 1.54) is 0 Å². The Morgan fingerprint density at radius 3 is 2.67 bits per heavy atom. The second kappa shape index (κ2) is 5.19. The Balaban J connectivity index is 2.16. The molecule has 18 heavy (non-hydrogen) atoms. The lowest BCUT2D eigenvalue weighted by atomic mass is 9.74. The summed E-state index contributed by atoms with van der Waals surface area (Å²) in [4.78, 5) is 0. The van der Waals surface area contributed by atoms with E-state index in [-0.39, 0.29) is 6.10 Å². The van der Waals surface area contributed by atoms with Gasteiger partial charge in [0.2, 0.25) is 0 Å². The average molecular weight is 273 g/mol. The molecule has 1 N–H and O–H groups in total. The molecule has 1 heterocycles. The fourth-order valence-electron chi connectivity index (χ4n) is 2.60. The van der Waals surface area contributed by atoms with Gasteiger partial charge in [0.15, 0.2) is 0 Å². The standard InChI is InChI=1S/C13H21ClN2O2/c1-4-10-12(14)11(16(5-2)15-10)8-13(17)6-9(7-13)18-3/h9,17H,4-8H2,1-3H3. The van der Waals surface area contributed by atoms with Crippen molar-refractivity contribution in [2.24, 2.45) is 0 Å². The number of ether oxygens (including phenoxy) is 1. The van der Waals surface area contributed by atoms with Gasteiger partial charge in [-0.15, -0.1) is 0 Å². The lowest BCUT2D eigenvalue weighted by Crippen LogP contribution is -2.49. The zero-order chi connectivity index (χ0) is 13.3. The van der Waals surface area contributed by atoms with Crippen LogP contribution in [0.5, 0.6) is 0 Å². The van der Waals surface area contributed by atoms with Crippen molar-refractivity contribution in [2.45, 2.75) is 57.8 Å². The second-order valence-corrected chi connectivity index (χ2v) is 5.42. The number of aryl methyl sites for hydroxylation is 2. The van der Waals surface area contributed by atoms with Crippen LogP contribution in [0.3, 0.4) is 0 Å². The Hall–Kier alpha value is -0.580. The van der Waals surface area contributed by atoms with E-state index >= 15 is 0 Å². The summed E-state index contributed by atoms with van der Waals surface area (Å²) in [6, 6.07) is 0. The number of hydrogen-bond donors (Lipinski definition) is 1. The van der Waals surface area contributed by atoms with Crippen LogP contribution in [0.15, 0.2) is 0 Å². The van der Waals surface area contributed by atoms with Crippen LogP contribution < -0.4 is 0 Å². The third-order valence-electron chi connectivity index (χ3n) is 3.74. The van der Waals surface area contributed by atoms with E-state index < -0.39 is 5.60 Å². The Morgan fingerprint density at radius 1 is 1.50 bits per heavy atom. The van der Waals surface area contributed by atoms with Crippen LogP contribution in [0.1, 0.15) is 38.1 Å². The molecule has 1 aromatic heterocycles. The molecule has 0 saturated heterocycles. The van der Waals surface area contributed by atoms with Crippen LogP contribution in [0.2, 0.25) is 5.02 Å². The van der Waals surface area contributed by atoms with E-state index in [2.05, 4.69) is 5.10 Å². The molecule has 1 saturated carbocycles. The SMILES string of the molecule is CCc1nn(CC)c(CC2(O)CC(OC)C2)c1Cl. The first kappa shape index (κ1) is 13.8. The molecule has 1 fully saturated rings. The van der Waals surface area contributed by atoms with Crippen molar-refractivity contribution in [1.82, 2.24) is 9.78 Å². The Labute approximate surface area is 113 Å². The van der Waals surface area contributed by atoms with Crippen LogP contribution in [0.25, 0.3) is 0 Å². The largest absolute Gasteiger partial charge is 0.389 e. The molecule has 0 amide bonds. The molecule has 0 bridgehead atoms. The van der Waals surface area contributed by atoms with Gasteiger partial charge in [0.1, 0.15) is 0 Å². The maximum Gasteiger partial charge on any atom is 0.0850 e. The van der Waals surface area contributed by atoms with Gasteiger partial charge in [-0.1, -0.05) is 18.5 Å². The fraction of sp³-hybridized carbons (Fsp3) is 0.769. The maximum atomic E-state index is 10.4. The van der Waals surface area contributed by atoms with Crippen molar-refractivity contribution >= 4 is 11.6 Å². The maximum absolute atomic E-state index is 10.4. The first-order valence-corrected chi connectivity index (χ1v) is 6.90. The zero-order valence-electron chi connectivity index (χ0n) is 11.2. The number of rotatable bonds is 5. The summed E-state index contributed by atoms with van der Waals surface area (Å²) in [6.07, 6.45) is 2.91. The molecule has 4 nitrogen and oxygen atoms in total. The predicted octanol–water partition coefficient (Wildman–Crippen LogP) is 2.20. The van der Waals surface area contributed by atoms with Crippen LogP contribution in [0, 0.1) is 0 Å². The zero-order valence-corrected chi connectivity index (χ0v) is 12.0. The molecule has 0 unspecified atom stereocenters. The summed E-state index contributed by atoms with van der Waals surface area (Å²) in [5.74, 6) is 0. The highest BCUT2D eigenvalue weighted by molar-refractivity contribution is 6.31. The molecule has 1 aliphatic rings. The smallest absolute Gasteiger partial charge is 0.0850 e. The van der Waals surface area contributed by atoms with Crippen LogP contribution >= 0.6 is 11.6 Å². The Kier molecular flexibility index (Phi) is 3.99. The molecular weight excluding hydrogens is 252 g/mol. The average Bonchev–Trinajstić information content (AvgIpc) is 2.62. The van der Waals surface area contributed by atoms with Gasteiger partial charge >= 0.3 is 0 Å². The number of nitrogens with zero attached hydrogens (tertiary/aromatic N) is 2. The van der Waals surface area contributed by atoms with Gasteiger partial charge in [-0.2, -0.15) is 5.10 Å². The lowest BCUT2D eigenvalue weighted by Gasteiger charge is -2.42. The van der Waals surface area contributed by atoms with Gasteiger partial charge in [0.05, 0.1) is 28.1 Å². The van der Waals surface area contributed by atoms with E-state index in [4.69, 9.17) is 16.3 Å². The number of aromatic nitrogens is 2. The van der Waals surface area contributed by atoms with Crippen molar-refractivity contribution in [3.8, 4) is 0 Å². The van der Waals surface area contributed by atoms with Gasteiger partial charge in [-0.05, 0) is 13.3 Å². The number of methoxy groups -OCH3 is 1. The van der Waals surface area contributed by atoms with E-state index in [0.29, 0.717) is 24.3 Å². The monoisotopic (exact) mass is 272 g/mol. The molecular formula is C13H21ClN2O2. The second-order valence-electron chi connectivity index (χ2n) is 5.04. The third-order valence-corrected chi connectivity index (χ3v) is 4.18. The molecule has 0 aliphatic heterocycles. The molecule has 0 spiro atoms. The first-order valence-electron chi connectivity index (χ1n) is 6.52.